The predicted octanol–water partition coefficient (Wildman–Crippen LogP) is 4.30. The van der Waals surface area contributed by atoms with Crippen LogP contribution in [0.3, 0.4) is 0 Å². The van der Waals surface area contributed by atoms with Crippen LogP contribution in [0.4, 0.5) is 13.2 Å². The van der Waals surface area contributed by atoms with Crippen molar-refractivity contribution >= 4 is 49.5 Å². The zero-order valence-electron chi connectivity index (χ0n) is 17.0. The molecule has 0 saturated heterocycles. The molecule has 0 spiro atoms. The molecule has 1 unspecified atom stereocenters. The minimum absolute atomic E-state index is 0.130. The van der Waals surface area contributed by atoms with Gasteiger partial charge in [0.15, 0.2) is 10.0 Å². The van der Waals surface area contributed by atoms with Crippen LogP contribution in [0.5, 0.6) is 0 Å². The molecule has 0 fully saturated rings. The van der Waals surface area contributed by atoms with Crippen molar-refractivity contribution < 1.29 is 39.5 Å². The Balaban J connectivity index is 3.86. The second-order valence-electron chi connectivity index (χ2n) is 6.26. The summed E-state index contributed by atoms with van der Waals surface area (Å²) >= 11 is 3.58. The summed E-state index contributed by atoms with van der Waals surface area (Å²) in [5.41, 5.74) is -5.78. The maximum atomic E-state index is 12.1. The molecule has 7 nitrogen and oxygen atoms in total. The van der Waals surface area contributed by atoms with Crippen molar-refractivity contribution in [1.82, 2.24) is 0 Å². The number of hydrogen-bond donors (Lipinski definition) is 0. The lowest BCUT2D eigenvalue weighted by atomic mass is 10.2. The maximum Gasteiger partial charge on any atom is 0.480 e. The quantitative estimate of drug-likeness (QED) is 0.208. The van der Waals surface area contributed by atoms with Crippen LogP contribution in [-0.4, -0.2) is 63.2 Å². The van der Waals surface area contributed by atoms with Gasteiger partial charge in [-0.3, -0.25) is 4.79 Å². The van der Waals surface area contributed by atoms with Gasteiger partial charge in [-0.2, -0.15) is 36.7 Å². The number of thioether (sulfide) groups is 2. The Hall–Kier alpha value is -0.180. The van der Waals surface area contributed by atoms with Gasteiger partial charge in [0.1, 0.15) is 0 Å². The standard InChI is InChI=1S/C16H29F3NO6S4/c1-3-7-14(4-2)28-11-6-10-27-12-8-15(21)26-9-5-13-29(22,23)20-30(24,25)16(17,18)19/h14H,3-13H2,1-2H3/q-1. The number of sulfonamides is 2. The van der Waals surface area contributed by atoms with Crippen LogP contribution in [0.25, 0.3) is 4.13 Å². The molecular weight excluding hydrogens is 487 g/mol. The lowest BCUT2D eigenvalue weighted by Gasteiger charge is -2.21. The third-order valence-corrected chi connectivity index (χ3v) is 9.33. The number of alkyl halides is 3. The number of ether oxygens (including phenoxy) is 1. The molecule has 0 heterocycles. The molecule has 0 aromatic rings. The van der Waals surface area contributed by atoms with Crippen LogP contribution < -0.4 is 0 Å². The molecule has 1 atom stereocenters. The smallest absolute Gasteiger partial charge is 0.466 e. The van der Waals surface area contributed by atoms with E-state index in [1.54, 1.807) is 11.8 Å². The van der Waals surface area contributed by atoms with Gasteiger partial charge in [-0.05, 0) is 37.2 Å². The summed E-state index contributed by atoms with van der Waals surface area (Å²) in [6, 6.07) is 0. The van der Waals surface area contributed by atoms with E-state index in [0.29, 0.717) is 11.0 Å². The Kier molecular flexibility index (Phi) is 14.7. The molecule has 0 N–H and O–H groups in total. The summed E-state index contributed by atoms with van der Waals surface area (Å²) in [6.07, 6.45) is 4.36. The van der Waals surface area contributed by atoms with Crippen molar-refractivity contribution in [1.29, 1.82) is 0 Å². The van der Waals surface area contributed by atoms with E-state index < -0.39 is 37.3 Å². The molecule has 0 aliphatic rings. The van der Waals surface area contributed by atoms with Gasteiger partial charge in [0.2, 0.25) is 0 Å². The highest BCUT2D eigenvalue weighted by Crippen LogP contribution is 2.30. The first kappa shape index (κ1) is 29.8. The van der Waals surface area contributed by atoms with Crippen LogP contribution in [-0.2, 0) is 29.6 Å². The number of carbonyl (C=O) groups is 1. The number of rotatable bonds is 17. The van der Waals surface area contributed by atoms with Gasteiger partial charge in [0, 0.05) is 16.8 Å². The number of hydrogen-bond acceptors (Lipinski definition) is 8. The van der Waals surface area contributed by atoms with Crippen molar-refractivity contribution in [3.63, 3.8) is 0 Å². The van der Waals surface area contributed by atoms with Crippen LogP contribution in [0.1, 0.15) is 52.4 Å². The Morgan fingerprint density at radius 2 is 1.73 bits per heavy atom. The molecule has 0 saturated carbocycles. The monoisotopic (exact) mass is 516 g/mol. The van der Waals surface area contributed by atoms with Gasteiger partial charge in [-0.1, -0.05) is 20.3 Å². The van der Waals surface area contributed by atoms with Gasteiger partial charge in [-0.15, -0.1) is 0 Å². The molecule has 180 valence electrons. The summed E-state index contributed by atoms with van der Waals surface area (Å²) in [5, 5.41) is 0.695. The fourth-order valence-corrected chi connectivity index (χ4v) is 6.77. The zero-order chi connectivity index (χ0) is 23.3. The molecular formula is C16H29F3NO6S4-. The third kappa shape index (κ3) is 14.0. The molecule has 0 aromatic heterocycles. The van der Waals surface area contributed by atoms with Crippen LogP contribution >= 0.6 is 23.5 Å². The first-order valence-corrected chi connectivity index (χ1v) is 14.7. The second kappa shape index (κ2) is 14.8. The van der Waals surface area contributed by atoms with Crippen molar-refractivity contribution in [3.05, 3.63) is 4.13 Å². The van der Waals surface area contributed by atoms with Gasteiger partial charge >= 0.3 is 11.5 Å². The Morgan fingerprint density at radius 3 is 2.30 bits per heavy atom. The van der Waals surface area contributed by atoms with E-state index in [1.807, 2.05) is 15.9 Å². The highest BCUT2D eigenvalue weighted by atomic mass is 32.3. The van der Waals surface area contributed by atoms with E-state index in [-0.39, 0.29) is 19.4 Å². The fraction of sp³-hybridized carbons (Fsp3) is 0.938. The van der Waals surface area contributed by atoms with Gasteiger partial charge < -0.3 is 8.86 Å². The normalized spacial score (nSPS) is 13.9. The molecule has 30 heavy (non-hydrogen) atoms. The summed E-state index contributed by atoms with van der Waals surface area (Å²) in [6.45, 7) is 4.00. The Morgan fingerprint density at radius 1 is 1.07 bits per heavy atom. The van der Waals surface area contributed by atoms with Crippen molar-refractivity contribution in [2.45, 2.75) is 63.1 Å². The second-order valence-corrected chi connectivity index (χ2v) is 12.5. The summed E-state index contributed by atoms with van der Waals surface area (Å²) in [4.78, 5) is 11.6. The average molecular weight is 517 g/mol. The SMILES string of the molecule is CCCC(CC)SCCCSCCC(=O)OCCCS(=O)(=O)[N-]S(=O)(=O)C(F)(F)F. The lowest BCUT2D eigenvalue weighted by molar-refractivity contribution is -0.143. The topological polar surface area (TPSA) is 109 Å². The number of nitrogens with zero attached hydrogens (tertiary/aromatic N) is 1. The highest BCUT2D eigenvalue weighted by Gasteiger charge is 2.40. The Labute approximate surface area is 185 Å². The van der Waals surface area contributed by atoms with E-state index >= 15 is 0 Å². The maximum absolute atomic E-state index is 12.1. The van der Waals surface area contributed by atoms with Crippen molar-refractivity contribution in [2.24, 2.45) is 0 Å². The number of carbonyl (C=O) groups excluding carboxylic acids is 1. The van der Waals surface area contributed by atoms with Gasteiger partial charge in [0.25, 0.3) is 0 Å². The minimum atomic E-state index is -6.12. The third-order valence-electron chi connectivity index (χ3n) is 3.62. The Bertz CT molecular complexity index is 698. The summed E-state index contributed by atoms with van der Waals surface area (Å²) in [7, 11) is -11.0. The average Bonchev–Trinajstić information content (AvgIpc) is 2.61. The van der Waals surface area contributed by atoms with Crippen LogP contribution in [0.2, 0.25) is 0 Å². The summed E-state index contributed by atoms with van der Waals surface area (Å²) < 4.78 is 87.3. The fourth-order valence-electron chi connectivity index (χ4n) is 2.12. The molecule has 0 aliphatic heterocycles. The molecule has 14 heteroatoms. The molecule has 0 radical (unpaired) electrons. The highest BCUT2D eigenvalue weighted by molar-refractivity contribution is 8.12. The summed E-state index contributed by atoms with van der Waals surface area (Å²) in [5.74, 6) is 1.00. The number of halogens is 3. The zero-order valence-corrected chi connectivity index (χ0v) is 20.3. The minimum Gasteiger partial charge on any atom is -0.466 e. The van der Waals surface area contributed by atoms with E-state index in [1.165, 1.54) is 12.8 Å². The van der Waals surface area contributed by atoms with Gasteiger partial charge in [-0.25, -0.2) is 16.8 Å². The van der Waals surface area contributed by atoms with E-state index in [4.69, 9.17) is 4.74 Å². The molecule has 0 rings (SSSR count). The first-order valence-electron chi connectivity index (χ1n) is 9.47. The molecule has 0 aliphatic carbocycles. The predicted molar refractivity (Wildman–Crippen MR) is 116 cm³/mol. The van der Waals surface area contributed by atoms with Crippen molar-refractivity contribution in [2.75, 3.05) is 29.6 Å². The van der Waals surface area contributed by atoms with Crippen molar-refractivity contribution in [3.8, 4) is 0 Å². The molecule has 0 aromatic carbocycles. The largest absolute Gasteiger partial charge is 0.480 e. The molecule has 0 amide bonds. The van der Waals surface area contributed by atoms with Gasteiger partial charge in [0.05, 0.1) is 23.1 Å². The lowest BCUT2D eigenvalue weighted by Crippen LogP contribution is -2.25. The van der Waals surface area contributed by atoms with E-state index in [9.17, 15) is 34.8 Å². The van der Waals surface area contributed by atoms with Crippen LogP contribution in [0.15, 0.2) is 0 Å². The van der Waals surface area contributed by atoms with Crippen LogP contribution in [0, 0.1) is 0 Å². The number of esters is 1. The molecule has 0 bridgehead atoms. The van der Waals surface area contributed by atoms with E-state index in [2.05, 4.69) is 13.8 Å². The van der Waals surface area contributed by atoms with E-state index in [0.717, 1.165) is 24.3 Å². The first-order chi connectivity index (χ1) is 13.8.